The Balaban J connectivity index is 3.59. The first-order chi connectivity index (χ1) is 6.45. The van der Waals surface area contributed by atoms with Crippen molar-refractivity contribution >= 4 is 11.9 Å². The minimum Gasteiger partial charge on any atom is -0.464 e. The van der Waals surface area contributed by atoms with Crippen LogP contribution in [0.2, 0.25) is 0 Å². The smallest absolute Gasteiger partial charge is 0.308 e. The highest BCUT2D eigenvalue weighted by Gasteiger charge is 2.17. The van der Waals surface area contributed by atoms with Gasteiger partial charge in [0.25, 0.3) is 0 Å². The minimum atomic E-state index is -0.203. The number of rotatable bonds is 5. The lowest BCUT2D eigenvalue weighted by molar-refractivity contribution is -0.149. The standard InChI is InChI=1S/C10H19NO3/c1-7(2)8(3)10(13)14-6-5-11-9(4)12/h7-8H,5-6H2,1-4H3,(H,11,12). The lowest BCUT2D eigenvalue weighted by atomic mass is 9.99. The van der Waals surface area contributed by atoms with Gasteiger partial charge in [-0.1, -0.05) is 20.8 Å². The van der Waals surface area contributed by atoms with Crippen molar-refractivity contribution in [2.45, 2.75) is 27.7 Å². The summed E-state index contributed by atoms with van der Waals surface area (Å²) in [5.74, 6) is -0.126. The number of amides is 1. The number of hydrogen-bond donors (Lipinski definition) is 1. The molecule has 1 N–H and O–H groups in total. The van der Waals surface area contributed by atoms with Crippen molar-refractivity contribution in [2.24, 2.45) is 11.8 Å². The van der Waals surface area contributed by atoms with E-state index in [1.54, 1.807) is 0 Å². The fraction of sp³-hybridized carbons (Fsp3) is 0.800. The van der Waals surface area contributed by atoms with Gasteiger partial charge >= 0.3 is 5.97 Å². The largest absolute Gasteiger partial charge is 0.464 e. The van der Waals surface area contributed by atoms with Gasteiger partial charge in [-0.25, -0.2) is 0 Å². The second kappa shape index (κ2) is 6.40. The average molecular weight is 201 g/mol. The van der Waals surface area contributed by atoms with E-state index in [1.165, 1.54) is 6.92 Å². The van der Waals surface area contributed by atoms with E-state index >= 15 is 0 Å². The summed E-state index contributed by atoms with van der Waals surface area (Å²) in [6.07, 6.45) is 0. The predicted molar refractivity (Wildman–Crippen MR) is 53.6 cm³/mol. The van der Waals surface area contributed by atoms with Crippen LogP contribution >= 0.6 is 0 Å². The van der Waals surface area contributed by atoms with Gasteiger partial charge < -0.3 is 10.1 Å². The van der Waals surface area contributed by atoms with Crippen LogP contribution in [0.5, 0.6) is 0 Å². The van der Waals surface area contributed by atoms with Crippen molar-refractivity contribution in [3.8, 4) is 0 Å². The molecule has 0 aliphatic rings. The van der Waals surface area contributed by atoms with Gasteiger partial charge in [-0.05, 0) is 5.92 Å². The number of nitrogens with one attached hydrogen (secondary N) is 1. The molecule has 0 rings (SSSR count). The van der Waals surface area contributed by atoms with Gasteiger partial charge in [-0.2, -0.15) is 0 Å². The fourth-order valence-corrected chi connectivity index (χ4v) is 0.782. The first kappa shape index (κ1) is 12.9. The van der Waals surface area contributed by atoms with E-state index in [2.05, 4.69) is 5.32 Å². The maximum atomic E-state index is 11.3. The van der Waals surface area contributed by atoms with E-state index in [9.17, 15) is 9.59 Å². The molecule has 0 aliphatic heterocycles. The van der Waals surface area contributed by atoms with Crippen molar-refractivity contribution in [1.29, 1.82) is 0 Å². The average Bonchev–Trinajstić information content (AvgIpc) is 2.10. The van der Waals surface area contributed by atoms with Crippen LogP contribution in [0.3, 0.4) is 0 Å². The third kappa shape index (κ3) is 5.56. The van der Waals surface area contributed by atoms with Gasteiger partial charge in [0.1, 0.15) is 6.61 Å². The first-order valence-electron chi connectivity index (χ1n) is 4.86. The minimum absolute atomic E-state index is 0.0904. The zero-order valence-electron chi connectivity index (χ0n) is 9.29. The van der Waals surface area contributed by atoms with Crippen LogP contribution in [0.4, 0.5) is 0 Å². The highest BCUT2D eigenvalue weighted by atomic mass is 16.5. The molecule has 1 atom stereocenters. The van der Waals surface area contributed by atoms with E-state index in [0.717, 1.165) is 0 Å². The van der Waals surface area contributed by atoms with Crippen LogP contribution in [-0.2, 0) is 14.3 Å². The molecule has 0 radical (unpaired) electrons. The summed E-state index contributed by atoms with van der Waals surface area (Å²) in [6.45, 7) is 7.84. The lowest BCUT2D eigenvalue weighted by Crippen LogP contribution is -2.27. The maximum absolute atomic E-state index is 11.3. The number of carbonyl (C=O) groups is 2. The Bertz CT molecular complexity index is 202. The van der Waals surface area contributed by atoms with Crippen molar-refractivity contribution in [1.82, 2.24) is 5.32 Å². The Morgan fingerprint density at radius 3 is 2.29 bits per heavy atom. The van der Waals surface area contributed by atoms with E-state index in [1.807, 2.05) is 20.8 Å². The zero-order chi connectivity index (χ0) is 11.1. The van der Waals surface area contributed by atoms with Crippen molar-refractivity contribution < 1.29 is 14.3 Å². The normalized spacial score (nSPS) is 12.4. The van der Waals surface area contributed by atoms with E-state index < -0.39 is 0 Å². The highest BCUT2D eigenvalue weighted by molar-refractivity contribution is 5.73. The van der Waals surface area contributed by atoms with Crippen molar-refractivity contribution in [3.63, 3.8) is 0 Å². The van der Waals surface area contributed by atoms with Gasteiger partial charge in [0.05, 0.1) is 12.5 Å². The summed E-state index contributed by atoms with van der Waals surface area (Å²) in [5.41, 5.74) is 0. The third-order valence-electron chi connectivity index (χ3n) is 2.09. The van der Waals surface area contributed by atoms with Gasteiger partial charge in [0, 0.05) is 6.92 Å². The molecule has 82 valence electrons. The number of ether oxygens (including phenoxy) is 1. The molecule has 0 aromatic heterocycles. The molecule has 0 aromatic carbocycles. The topological polar surface area (TPSA) is 55.4 Å². The Morgan fingerprint density at radius 1 is 1.29 bits per heavy atom. The van der Waals surface area contributed by atoms with Crippen LogP contribution in [0.25, 0.3) is 0 Å². The fourth-order valence-electron chi connectivity index (χ4n) is 0.782. The molecule has 0 saturated heterocycles. The zero-order valence-corrected chi connectivity index (χ0v) is 9.29. The molecule has 0 spiro atoms. The molecule has 0 heterocycles. The molecule has 1 amide bonds. The van der Waals surface area contributed by atoms with Crippen LogP contribution in [-0.4, -0.2) is 25.0 Å². The van der Waals surface area contributed by atoms with Crippen LogP contribution in [0.1, 0.15) is 27.7 Å². The monoisotopic (exact) mass is 201 g/mol. The summed E-state index contributed by atoms with van der Waals surface area (Å²) < 4.78 is 4.96. The Labute approximate surface area is 85.0 Å². The molecule has 0 bridgehead atoms. The van der Waals surface area contributed by atoms with Crippen LogP contribution in [0.15, 0.2) is 0 Å². The molecule has 0 fully saturated rings. The second-order valence-electron chi connectivity index (χ2n) is 3.68. The molecular formula is C10H19NO3. The Hall–Kier alpha value is -1.06. The summed E-state index contributed by atoms with van der Waals surface area (Å²) >= 11 is 0. The van der Waals surface area contributed by atoms with Gasteiger partial charge in [0.15, 0.2) is 0 Å². The molecular weight excluding hydrogens is 182 g/mol. The van der Waals surface area contributed by atoms with E-state index in [4.69, 9.17) is 4.74 Å². The van der Waals surface area contributed by atoms with Crippen LogP contribution < -0.4 is 5.32 Å². The van der Waals surface area contributed by atoms with Crippen molar-refractivity contribution in [2.75, 3.05) is 13.2 Å². The number of hydrogen-bond acceptors (Lipinski definition) is 3. The predicted octanol–water partition coefficient (Wildman–Crippen LogP) is 0.958. The summed E-state index contributed by atoms with van der Waals surface area (Å²) in [6, 6.07) is 0. The van der Waals surface area contributed by atoms with Gasteiger partial charge in [0.2, 0.25) is 5.91 Å². The molecule has 14 heavy (non-hydrogen) atoms. The van der Waals surface area contributed by atoms with E-state index in [0.29, 0.717) is 6.54 Å². The lowest BCUT2D eigenvalue weighted by Gasteiger charge is -2.14. The molecule has 0 aromatic rings. The molecule has 1 unspecified atom stereocenters. The molecule has 0 saturated carbocycles. The van der Waals surface area contributed by atoms with E-state index in [-0.39, 0.29) is 30.3 Å². The number of carbonyl (C=O) groups excluding carboxylic acids is 2. The van der Waals surface area contributed by atoms with Gasteiger partial charge in [-0.15, -0.1) is 0 Å². The highest BCUT2D eigenvalue weighted by Crippen LogP contribution is 2.10. The van der Waals surface area contributed by atoms with Gasteiger partial charge in [-0.3, -0.25) is 9.59 Å². The van der Waals surface area contributed by atoms with Crippen LogP contribution in [0, 0.1) is 11.8 Å². The SMILES string of the molecule is CC(=O)NCCOC(=O)C(C)C(C)C. The first-order valence-corrected chi connectivity index (χ1v) is 4.86. The third-order valence-corrected chi connectivity index (χ3v) is 2.09. The Morgan fingerprint density at radius 2 is 1.86 bits per heavy atom. The second-order valence-corrected chi connectivity index (χ2v) is 3.68. The number of esters is 1. The Kier molecular flexibility index (Phi) is 5.92. The summed E-state index contributed by atoms with van der Waals surface area (Å²) in [7, 11) is 0. The molecule has 4 heteroatoms. The summed E-state index contributed by atoms with van der Waals surface area (Å²) in [5, 5.41) is 2.55. The maximum Gasteiger partial charge on any atom is 0.308 e. The molecule has 0 aliphatic carbocycles. The quantitative estimate of drug-likeness (QED) is 0.532. The molecule has 4 nitrogen and oxygen atoms in total. The van der Waals surface area contributed by atoms with Crippen molar-refractivity contribution in [3.05, 3.63) is 0 Å². The summed E-state index contributed by atoms with van der Waals surface area (Å²) in [4.78, 5) is 21.8.